The van der Waals surface area contributed by atoms with Crippen molar-refractivity contribution in [3.05, 3.63) is 0 Å². The molecule has 7 nitrogen and oxygen atoms in total. The first-order valence-corrected chi connectivity index (χ1v) is 7.17. The average Bonchev–Trinajstić information content (AvgIpc) is 2.95. The molecule has 110 valence electrons. The van der Waals surface area contributed by atoms with Gasteiger partial charge in [0.25, 0.3) is 5.91 Å². The van der Waals surface area contributed by atoms with E-state index in [1.807, 2.05) is 0 Å². The molecule has 0 aromatic heterocycles. The molecule has 1 spiro atoms. The lowest BCUT2D eigenvalue weighted by Gasteiger charge is -2.35. The molecule has 2 aliphatic heterocycles. The number of nitrogens with two attached hydrogens (primary N) is 1. The molecule has 1 atom stereocenters. The fraction of sp³-hybridized carbons (Fsp3) is 0.769. The highest BCUT2D eigenvalue weighted by atomic mass is 16.2. The Morgan fingerprint density at radius 3 is 2.45 bits per heavy atom. The van der Waals surface area contributed by atoms with Crippen LogP contribution in [0.15, 0.2) is 0 Å². The molecule has 0 aromatic carbocycles. The molecule has 3 aliphatic rings. The maximum Gasteiger partial charge on any atom is 0.322 e. The number of nitrogens with one attached hydrogen (secondary N) is 2. The number of hydrogen-bond acceptors (Lipinski definition) is 4. The van der Waals surface area contributed by atoms with Gasteiger partial charge in [0.05, 0.1) is 12.1 Å². The number of nitrogens with zero attached hydrogens (tertiary/aromatic N) is 1. The van der Waals surface area contributed by atoms with Crippen molar-refractivity contribution in [1.82, 2.24) is 15.5 Å². The summed E-state index contributed by atoms with van der Waals surface area (Å²) in [6, 6.07) is -0.482. The van der Waals surface area contributed by atoms with E-state index in [2.05, 4.69) is 10.6 Å². The summed E-state index contributed by atoms with van der Waals surface area (Å²) < 4.78 is 0. The minimum atomic E-state index is -0.947. The van der Waals surface area contributed by atoms with Crippen molar-refractivity contribution >= 4 is 17.8 Å². The molecule has 4 amide bonds. The Hall–Kier alpha value is -1.63. The van der Waals surface area contributed by atoms with Gasteiger partial charge in [-0.3, -0.25) is 14.9 Å². The van der Waals surface area contributed by atoms with E-state index in [0.717, 1.165) is 19.3 Å². The van der Waals surface area contributed by atoms with Crippen LogP contribution < -0.4 is 16.4 Å². The summed E-state index contributed by atoms with van der Waals surface area (Å²) >= 11 is 0. The third kappa shape index (κ3) is 1.96. The minimum absolute atomic E-state index is 0.0805. The summed E-state index contributed by atoms with van der Waals surface area (Å²) in [5, 5.41) is 4.88. The van der Waals surface area contributed by atoms with Crippen LogP contribution in [0, 0.1) is 0 Å². The number of urea groups is 1. The van der Waals surface area contributed by atoms with Gasteiger partial charge in [-0.1, -0.05) is 19.3 Å². The Balaban J connectivity index is 1.72. The minimum Gasteiger partial charge on any atom is -0.338 e. The lowest BCUT2D eigenvalue weighted by Crippen LogP contribution is -2.57. The van der Waals surface area contributed by atoms with Gasteiger partial charge in [-0.25, -0.2) is 4.79 Å². The van der Waals surface area contributed by atoms with E-state index in [1.165, 1.54) is 0 Å². The number of imide groups is 1. The molecule has 1 aliphatic carbocycles. The monoisotopic (exact) mass is 280 g/mol. The number of likely N-dealkylation sites (tertiary alicyclic amines) is 1. The smallest absolute Gasteiger partial charge is 0.322 e. The Labute approximate surface area is 117 Å². The predicted octanol–water partition coefficient (Wildman–Crippen LogP) is -0.541. The van der Waals surface area contributed by atoms with E-state index in [4.69, 9.17) is 5.73 Å². The average molecular weight is 280 g/mol. The molecule has 3 rings (SSSR count). The molecule has 4 N–H and O–H groups in total. The first kappa shape index (κ1) is 13.4. The molecule has 0 radical (unpaired) electrons. The summed E-state index contributed by atoms with van der Waals surface area (Å²) in [7, 11) is 0. The van der Waals surface area contributed by atoms with Crippen molar-refractivity contribution in [2.75, 3.05) is 13.1 Å². The quantitative estimate of drug-likeness (QED) is 0.561. The number of carbonyl (C=O) groups excluding carboxylic acids is 3. The van der Waals surface area contributed by atoms with E-state index in [0.29, 0.717) is 25.8 Å². The Kier molecular flexibility index (Phi) is 2.97. The van der Waals surface area contributed by atoms with Gasteiger partial charge >= 0.3 is 6.03 Å². The normalized spacial score (nSPS) is 32.4. The Morgan fingerprint density at radius 2 is 1.85 bits per heavy atom. The number of amides is 4. The second-order valence-electron chi connectivity index (χ2n) is 6.18. The van der Waals surface area contributed by atoms with Gasteiger partial charge in [-0.2, -0.15) is 0 Å². The summed E-state index contributed by atoms with van der Waals surface area (Å²) in [6.07, 6.45) is 4.92. The van der Waals surface area contributed by atoms with Crippen LogP contribution in [0.25, 0.3) is 0 Å². The van der Waals surface area contributed by atoms with Crippen LogP contribution in [-0.2, 0) is 9.59 Å². The van der Waals surface area contributed by atoms with Crippen molar-refractivity contribution in [3.63, 3.8) is 0 Å². The summed E-state index contributed by atoms with van der Waals surface area (Å²) in [5.41, 5.74) is 4.52. The maximum atomic E-state index is 12.6. The Bertz CT molecular complexity index is 472. The first-order valence-electron chi connectivity index (χ1n) is 7.17. The van der Waals surface area contributed by atoms with Crippen LogP contribution in [-0.4, -0.2) is 46.9 Å². The van der Waals surface area contributed by atoms with Gasteiger partial charge < -0.3 is 16.0 Å². The zero-order chi connectivity index (χ0) is 14.4. The topological polar surface area (TPSA) is 105 Å². The van der Waals surface area contributed by atoms with Crippen LogP contribution in [0.2, 0.25) is 0 Å². The second kappa shape index (κ2) is 4.44. The molecule has 0 bridgehead atoms. The van der Waals surface area contributed by atoms with Crippen molar-refractivity contribution in [2.24, 2.45) is 5.73 Å². The molecule has 2 heterocycles. The van der Waals surface area contributed by atoms with Crippen LogP contribution in [0.4, 0.5) is 4.79 Å². The molecule has 20 heavy (non-hydrogen) atoms. The van der Waals surface area contributed by atoms with E-state index >= 15 is 0 Å². The predicted molar refractivity (Wildman–Crippen MR) is 70.6 cm³/mol. The number of hydrogen-bond donors (Lipinski definition) is 3. The van der Waals surface area contributed by atoms with E-state index in [1.54, 1.807) is 4.90 Å². The molecule has 0 aromatic rings. The van der Waals surface area contributed by atoms with E-state index in [-0.39, 0.29) is 18.4 Å². The zero-order valence-electron chi connectivity index (χ0n) is 11.4. The largest absolute Gasteiger partial charge is 0.338 e. The van der Waals surface area contributed by atoms with Crippen LogP contribution in [0.1, 0.15) is 38.5 Å². The molecule has 1 saturated carbocycles. The van der Waals surface area contributed by atoms with E-state index < -0.39 is 17.1 Å². The van der Waals surface area contributed by atoms with Gasteiger partial charge in [-0.15, -0.1) is 0 Å². The van der Waals surface area contributed by atoms with Gasteiger partial charge in [0.15, 0.2) is 0 Å². The van der Waals surface area contributed by atoms with Crippen molar-refractivity contribution in [3.8, 4) is 0 Å². The zero-order valence-corrected chi connectivity index (χ0v) is 11.4. The van der Waals surface area contributed by atoms with Crippen LogP contribution in [0.3, 0.4) is 0 Å². The molecule has 1 unspecified atom stereocenters. The van der Waals surface area contributed by atoms with Gasteiger partial charge in [0, 0.05) is 6.54 Å². The van der Waals surface area contributed by atoms with Gasteiger partial charge in [0.1, 0.15) is 5.54 Å². The first-order chi connectivity index (χ1) is 9.45. The fourth-order valence-electron chi connectivity index (χ4n) is 3.51. The standard InChI is InChI=1S/C13H20N4O3/c14-12(4-2-1-3-5-12)10(19)17-7-6-13(8-17)9(18)15-11(20)16-13/h1-8,14H2,(H2,15,16,18,20). The van der Waals surface area contributed by atoms with Crippen molar-refractivity contribution < 1.29 is 14.4 Å². The summed E-state index contributed by atoms with van der Waals surface area (Å²) in [4.78, 5) is 37.4. The molecule has 7 heteroatoms. The third-order valence-corrected chi connectivity index (χ3v) is 4.74. The van der Waals surface area contributed by atoms with E-state index in [9.17, 15) is 14.4 Å². The summed E-state index contributed by atoms with van der Waals surface area (Å²) in [5.74, 6) is -0.421. The lowest BCUT2D eigenvalue weighted by molar-refractivity contribution is -0.137. The molecular formula is C13H20N4O3. The van der Waals surface area contributed by atoms with Gasteiger partial charge in [-0.05, 0) is 19.3 Å². The third-order valence-electron chi connectivity index (χ3n) is 4.74. The molecule has 2 saturated heterocycles. The number of carbonyl (C=O) groups is 3. The molecular weight excluding hydrogens is 260 g/mol. The van der Waals surface area contributed by atoms with Crippen LogP contribution >= 0.6 is 0 Å². The van der Waals surface area contributed by atoms with Crippen LogP contribution in [0.5, 0.6) is 0 Å². The highest BCUT2D eigenvalue weighted by Crippen LogP contribution is 2.31. The number of rotatable bonds is 1. The van der Waals surface area contributed by atoms with Gasteiger partial charge in [0.2, 0.25) is 5.91 Å². The highest BCUT2D eigenvalue weighted by Gasteiger charge is 2.53. The Morgan fingerprint density at radius 1 is 1.15 bits per heavy atom. The SMILES string of the molecule is NC1(C(=O)N2CCC3(C2)NC(=O)NC3=O)CCCCC1. The maximum absolute atomic E-state index is 12.6. The summed E-state index contributed by atoms with van der Waals surface area (Å²) in [6.45, 7) is 0.688. The fourth-order valence-corrected chi connectivity index (χ4v) is 3.51. The lowest BCUT2D eigenvalue weighted by atomic mass is 9.81. The second-order valence-corrected chi connectivity index (χ2v) is 6.18. The van der Waals surface area contributed by atoms with Crippen molar-refractivity contribution in [2.45, 2.75) is 49.6 Å². The molecule has 3 fully saturated rings. The van der Waals surface area contributed by atoms with Crippen molar-refractivity contribution in [1.29, 1.82) is 0 Å². The highest BCUT2D eigenvalue weighted by molar-refractivity contribution is 6.07.